The van der Waals surface area contributed by atoms with Crippen LogP contribution in [0.2, 0.25) is 0 Å². The highest BCUT2D eigenvalue weighted by Gasteiger charge is 2.16. The van der Waals surface area contributed by atoms with Gasteiger partial charge in [0.1, 0.15) is 6.04 Å². The summed E-state index contributed by atoms with van der Waals surface area (Å²) in [6, 6.07) is -1.33. The molecule has 1 aromatic heterocycles. The molecule has 0 aromatic carbocycles. The molecule has 0 bridgehead atoms. The van der Waals surface area contributed by atoms with Gasteiger partial charge in [-0.15, -0.1) is 0 Å². The van der Waals surface area contributed by atoms with E-state index in [1.165, 1.54) is 0 Å². The zero-order valence-electron chi connectivity index (χ0n) is 10.5. The molecule has 2 amide bonds. The molecule has 1 rings (SSSR count). The van der Waals surface area contributed by atoms with E-state index in [9.17, 15) is 9.59 Å². The first kappa shape index (κ1) is 14.0. The molecule has 0 spiro atoms. The fraction of sp³-hybridized carbons (Fsp3) is 0.545. The van der Waals surface area contributed by atoms with E-state index in [-0.39, 0.29) is 0 Å². The second-order valence-corrected chi connectivity index (χ2v) is 3.98. The molecule has 0 aliphatic rings. The fourth-order valence-corrected chi connectivity index (χ4v) is 1.42. The van der Waals surface area contributed by atoms with Crippen molar-refractivity contribution < 1.29 is 14.7 Å². The lowest BCUT2D eigenvalue weighted by Crippen LogP contribution is -2.46. The molecule has 1 unspecified atom stereocenters. The summed E-state index contributed by atoms with van der Waals surface area (Å²) in [6.45, 7) is 4.57. The Hall–Kier alpha value is -2.05. The number of aromatic nitrogens is 2. The molecule has 7 heteroatoms. The Morgan fingerprint density at radius 3 is 2.78 bits per heavy atom. The Labute approximate surface area is 105 Å². The topological polar surface area (TPSA) is 96.3 Å². The maximum atomic E-state index is 11.4. The zero-order valence-corrected chi connectivity index (χ0v) is 10.5. The molecule has 18 heavy (non-hydrogen) atoms. The van der Waals surface area contributed by atoms with Gasteiger partial charge in [-0.1, -0.05) is 6.92 Å². The molecule has 0 saturated heterocycles. The highest BCUT2D eigenvalue weighted by atomic mass is 16.4. The van der Waals surface area contributed by atoms with Crippen molar-refractivity contribution in [3.05, 3.63) is 18.0 Å². The van der Waals surface area contributed by atoms with Gasteiger partial charge in [-0.05, 0) is 18.9 Å². The maximum Gasteiger partial charge on any atom is 0.326 e. The van der Waals surface area contributed by atoms with Crippen molar-refractivity contribution in [1.82, 2.24) is 20.4 Å². The predicted octanol–water partition coefficient (Wildman–Crippen LogP) is 0.354. The summed E-state index contributed by atoms with van der Waals surface area (Å²) in [5.41, 5.74) is 1.05. The summed E-state index contributed by atoms with van der Waals surface area (Å²) in [6.07, 6.45) is 3.95. The molecule has 0 fully saturated rings. The SMILES string of the molecule is CCC(NC(=O)NCCn1cc(C)cn1)C(=O)O. The number of hydrogen-bond acceptors (Lipinski definition) is 3. The number of urea groups is 1. The molecular formula is C11H18N4O3. The second kappa shape index (κ2) is 6.63. The van der Waals surface area contributed by atoms with Crippen molar-refractivity contribution in [2.24, 2.45) is 0 Å². The number of nitrogens with zero attached hydrogens (tertiary/aromatic N) is 2. The van der Waals surface area contributed by atoms with Crippen LogP contribution in [-0.4, -0.2) is 39.5 Å². The van der Waals surface area contributed by atoms with Crippen LogP contribution >= 0.6 is 0 Å². The first-order chi connectivity index (χ1) is 8.52. The lowest BCUT2D eigenvalue weighted by atomic mass is 10.2. The molecule has 7 nitrogen and oxygen atoms in total. The van der Waals surface area contributed by atoms with Crippen LogP contribution in [-0.2, 0) is 11.3 Å². The molecule has 0 aliphatic heterocycles. The lowest BCUT2D eigenvalue weighted by molar-refractivity contribution is -0.139. The lowest BCUT2D eigenvalue weighted by Gasteiger charge is -2.13. The molecular weight excluding hydrogens is 236 g/mol. The van der Waals surface area contributed by atoms with Crippen molar-refractivity contribution in [3.8, 4) is 0 Å². The second-order valence-electron chi connectivity index (χ2n) is 3.98. The van der Waals surface area contributed by atoms with E-state index in [0.717, 1.165) is 5.56 Å². The third-order valence-electron chi connectivity index (χ3n) is 2.40. The molecule has 0 aliphatic carbocycles. The van der Waals surface area contributed by atoms with Gasteiger partial charge >= 0.3 is 12.0 Å². The number of carboxylic acids is 1. The number of aliphatic carboxylic acids is 1. The molecule has 3 N–H and O–H groups in total. The zero-order chi connectivity index (χ0) is 13.5. The Balaban J connectivity index is 2.26. The van der Waals surface area contributed by atoms with Gasteiger partial charge in [0.15, 0.2) is 0 Å². The number of carboxylic acid groups (broad SMARTS) is 1. The van der Waals surface area contributed by atoms with Gasteiger partial charge < -0.3 is 15.7 Å². The monoisotopic (exact) mass is 254 g/mol. The molecule has 100 valence electrons. The number of carbonyl (C=O) groups excluding carboxylic acids is 1. The van der Waals surface area contributed by atoms with Crippen molar-refractivity contribution in [2.45, 2.75) is 32.9 Å². The Kier molecular flexibility index (Phi) is 5.16. The average Bonchev–Trinajstić information content (AvgIpc) is 2.71. The Morgan fingerprint density at radius 2 is 2.28 bits per heavy atom. The number of rotatable bonds is 6. The minimum absolute atomic E-state index is 0.348. The van der Waals surface area contributed by atoms with Crippen LogP contribution in [0.25, 0.3) is 0 Å². The predicted molar refractivity (Wildman–Crippen MR) is 65.2 cm³/mol. The highest BCUT2D eigenvalue weighted by molar-refractivity contribution is 5.82. The van der Waals surface area contributed by atoms with Gasteiger partial charge in [0.25, 0.3) is 0 Å². The van der Waals surface area contributed by atoms with Gasteiger partial charge in [-0.25, -0.2) is 9.59 Å². The molecule has 0 saturated carbocycles. The third-order valence-corrected chi connectivity index (χ3v) is 2.40. The molecule has 1 atom stereocenters. The van der Waals surface area contributed by atoms with Crippen LogP contribution in [0.1, 0.15) is 18.9 Å². The molecule has 0 radical (unpaired) electrons. The normalized spacial score (nSPS) is 11.9. The van der Waals surface area contributed by atoms with Gasteiger partial charge in [-0.3, -0.25) is 4.68 Å². The number of aryl methyl sites for hydroxylation is 1. The van der Waals surface area contributed by atoms with Crippen LogP contribution in [0.15, 0.2) is 12.4 Å². The first-order valence-electron chi connectivity index (χ1n) is 5.79. The van der Waals surface area contributed by atoms with Gasteiger partial charge in [0.05, 0.1) is 12.7 Å². The Morgan fingerprint density at radius 1 is 1.56 bits per heavy atom. The van der Waals surface area contributed by atoms with Gasteiger partial charge in [0, 0.05) is 12.7 Å². The average molecular weight is 254 g/mol. The van der Waals surface area contributed by atoms with Crippen molar-refractivity contribution >= 4 is 12.0 Å². The smallest absolute Gasteiger partial charge is 0.326 e. The van der Waals surface area contributed by atoms with E-state index in [0.29, 0.717) is 19.5 Å². The number of carbonyl (C=O) groups is 2. The third kappa shape index (κ3) is 4.44. The maximum absolute atomic E-state index is 11.4. The van der Waals surface area contributed by atoms with Crippen LogP contribution in [0.3, 0.4) is 0 Å². The van der Waals surface area contributed by atoms with E-state index in [1.54, 1.807) is 17.8 Å². The summed E-state index contributed by atoms with van der Waals surface area (Å²) in [5, 5.41) is 17.8. The quantitative estimate of drug-likeness (QED) is 0.682. The van der Waals surface area contributed by atoms with E-state index in [1.807, 2.05) is 13.1 Å². The minimum Gasteiger partial charge on any atom is -0.480 e. The van der Waals surface area contributed by atoms with Crippen LogP contribution < -0.4 is 10.6 Å². The van der Waals surface area contributed by atoms with E-state index >= 15 is 0 Å². The molecule has 1 heterocycles. The van der Waals surface area contributed by atoms with Crippen molar-refractivity contribution in [2.75, 3.05) is 6.54 Å². The van der Waals surface area contributed by atoms with Gasteiger partial charge in [0.2, 0.25) is 0 Å². The van der Waals surface area contributed by atoms with Crippen LogP contribution in [0.4, 0.5) is 4.79 Å². The van der Waals surface area contributed by atoms with Crippen LogP contribution in [0.5, 0.6) is 0 Å². The van der Waals surface area contributed by atoms with Crippen molar-refractivity contribution in [1.29, 1.82) is 0 Å². The van der Waals surface area contributed by atoms with E-state index in [4.69, 9.17) is 5.11 Å². The fourth-order valence-electron chi connectivity index (χ4n) is 1.42. The number of amides is 2. The largest absolute Gasteiger partial charge is 0.480 e. The van der Waals surface area contributed by atoms with Crippen LogP contribution in [0, 0.1) is 6.92 Å². The minimum atomic E-state index is -1.03. The highest BCUT2D eigenvalue weighted by Crippen LogP contribution is 1.93. The summed E-state index contributed by atoms with van der Waals surface area (Å²) in [5.74, 6) is -1.03. The Bertz CT molecular complexity index is 416. The van der Waals surface area contributed by atoms with Crippen molar-refractivity contribution in [3.63, 3.8) is 0 Å². The van der Waals surface area contributed by atoms with E-state index in [2.05, 4.69) is 15.7 Å². The number of nitrogens with one attached hydrogen (secondary N) is 2. The molecule has 1 aromatic rings. The van der Waals surface area contributed by atoms with Gasteiger partial charge in [-0.2, -0.15) is 5.10 Å². The number of hydrogen-bond donors (Lipinski definition) is 3. The van der Waals surface area contributed by atoms with E-state index < -0.39 is 18.0 Å². The summed E-state index contributed by atoms with van der Waals surface area (Å²) in [4.78, 5) is 22.1. The summed E-state index contributed by atoms with van der Waals surface area (Å²) in [7, 11) is 0. The first-order valence-corrected chi connectivity index (χ1v) is 5.79. The summed E-state index contributed by atoms with van der Waals surface area (Å²) < 4.78 is 1.71. The summed E-state index contributed by atoms with van der Waals surface area (Å²) >= 11 is 0. The standard InChI is InChI=1S/C11H18N4O3/c1-3-9(10(16)17)14-11(18)12-4-5-15-7-8(2)6-13-15/h6-7,9H,3-5H2,1-2H3,(H,16,17)(H2,12,14,18).